The first-order valence-electron chi connectivity index (χ1n) is 3.89. The Labute approximate surface area is 72.6 Å². The Kier molecular flexibility index (Phi) is 3.08. The van der Waals surface area contributed by atoms with E-state index >= 15 is 0 Å². The van der Waals surface area contributed by atoms with E-state index in [0.717, 1.165) is 6.54 Å². The molecule has 0 heterocycles. The Morgan fingerprint density at radius 3 is 2.42 bits per heavy atom. The predicted octanol–water partition coefficient (Wildman–Crippen LogP) is 0.958. The number of aromatic hydroxyl groups is 1. The molecule has 2 N–H and O–H groups in total. The van der Waals surface area contributed by atoms with Crippen molar-refractivity contribution in [3.8, 4) is 5.75 Å². The largest absolute Gasteiger partial charge is 0.508 e. The van der Waals surface area contributed by atoms with E-state index in [0.29, 0.717) is 5.75 Å². The molecule has 66 valence electrons. The number of hydrazine groups is 1. The van der Waals surface area contributed by atoms with Crippen LogP contribution in [0.1, 0.15) is 5.56 Å². The number of hydrogen-bond donors (Lipinski definition) is 2. The van der Waals surface area contributed by atoms with Crippen LogP contribution in [0, 0.1) is 0 Å². The van der Waals surface area contributed by atoms with Gasteiger partial charge in [-0.25, -0.2) is 5.01 Å². The molecule has 0 radical (unpaired) electrons. The quantitative estimate of drug-likeness (QED) is 0.656. The zero-order chi connectivity index (χ0) is 8.97. The van der Waals surface area contributed by atoms with E-state index in [-0.39, 0.29) is 0 Å². The summed E-state index contributed by atoms with van der Waals surface area (Å²) in [6, 6.07) is 7.20. The highest BCUT2D eigenvalue weighted by Gasteiger charge is 1.96. The standard InChI is InChI=1S/C9H14N2O/c1-10-11(2)7-8-3-5-9(12)6-4-8/h3-6,10,12H,7H2,1-2H3. The fourth-order valence-corrected chi connectivity index (χ4v) is 0.954. The monoisotopic (exact) mass is 166 g/mol. The Balaban J connectivity index is 2.58. The van der Waals surface area contributed by atoms with E-state index in [4.69, 9.17) is 5.11 Å². The lowest BCUT2D eigenvalue weighted by atomic mass is 10.2. The molecule has 0 aliphatic carbocycles. The number of phenols is 1. The molecule has 12 heavy (non-hydrogen) atoms. The number of nitrogens with one attached hydrogen (secondary N) is 1. The van der Waals surface area contributed by atoms with Gasteiger partial charge in [0.05, 0.1) is 0 Å². The number of rotatable bonds is 3. The predicted molar refractivity (Wildman–Crippen MR) is 48.6 cm³/mol. The topological polar surface area (TPSA) is 35.5 Å². The molecular formula is C9H14N2O. The van der Waals surface area contributed by atoms with Crippen molar-refractivity contribution in [3.63, 3.8) is 0 Å². The van der Waals surface area contributed by atoms with Gasteiger partial charge in [0.2, 0.25) is 0 Å². The van der Waals surface area contributed by atoms with E-state index in [1.54, 1.807) is 12.1 Å². The molecule has 0 spiro atoms. The van der Waals surface area contributed by atoms with Gasteiger partial charge in [0, 0.05) is 13.6 Å². The van der Waals surface area contributed by atoms with Crippen molar-refractivity contribution < 1.29 is 5.11 Å². The van der Waals surface area contributed by atoms with Gasteiger partial charge in [-0.1, -0.05) is 12.1 Å². The van der Waals surface area contributed by atoms with Crippen LogP contribution in [-0.2, 0) is 6.54 Å². The van der Waals surface area contributed by atoms with Crippen molar-refractivity contribution in [2.24, 2.45) is 0 Å². The molecule has 0 aromatic heterocycles. The second-order valence-corrected chi connectivity index (χ2v) is 2.75. The van der Waals surface area contributed by atoms with Crippen molar-refractivity contribution in [3.05, 3.63) is 29.8 Å². The first-order chi connectivity index (χ1) is 5.72. The van der Waals surface area contributed by atoms with Crippen molar-refractivity contribution in [2.75, 3.05) is 14.1 Å². The fraction of sp³-hybridized carbons (Fsp3) is 0.333. The van der Waals surface area contributed by atoms with Gasteiger partial charge in [-0.05, 0) is 24.7 Å². The highest BCUT2D eigenvalue weighted by atomic mass is 16.3. The van der Waals surface area contributed by atoms with E-state index < -0.39 is 0 Å². The van der Waals surface area contributed by atoms with Crippen molar-refractivity contribution in [1.82, 2.24) is 10.4 Å². The van der Waals surface area contributed by atoms with Crippen LogP contribution in [0.5, 0.6) is 5.75 Å². The zero-order valence-electron chi connectivity index (χ0n) is 7.41. The summed E-state index contributed by atoms with van der Waals surface area (Å²) in [4.78, 5) is 0. The molecule has 1 aromatic carbocycles. The highest BCUT2D eigenvalue weighted by Crippen LogP contribution is 2.10. The lowest BCUT2D eigenvalue weighted by molar-refractivity contribution is 0.251. The molecule has 0 amide bonds. The summed E-state index contributed by atoms with van der Waals surface area (Å²) in [7, 11) is 3.84. The summed E-state index contributed by atoms with van der Waals surface area (Å²) in [5, 5.41) is 11.0. The fourth-order valence-electron chi connectivity index (χ4n) is 0.954. The van der Waals surface area contributed by atoms with E-state index in [9.17, 15) is 0 Å². The van der Waals surface area contributed by atoms with Gasteiger partial charge in [-0.3, -0.25) is 5.43 Å². The maximum absolute atomic E-state index is 9.02. The van der Waals surface area contributed by atoms with Crippen LogP contribution in [0.25, 0.3) is 0 Å². The summed E-state index contributed by atoms with van der Waals surface area (Å²) in [5.74, 6) is 0.311. The molecule has 3 nitrogen and oxygen atoms in total. The second kappa shape index (κ2) is 4.09. The van der Waals surface area contributed by atoms with Crippen LogP contribution >= 0.6 is 0 Å². The lowest BCUT2D eigenvalue weighted by Crippen LogP contribution is -2.29. The van der Waals surface area contributed by atoms with Crippen LogP contribution in [0.15, 0.2) is 24.3 Å². The number of hydrogen-bond acceptors (Lipinski definition) is 3. The Morgan fingerprint density at radius 2 is 1.92 bits per heavy atom. The third-order valence-electron chi connectivity index (χ3n) is 1.74. The third kappa shape index (κ3) is 2.53. The molecule has 1 rings (SSSR count). The Bertz CT molecular complexity index is 233. The van der Waals surface area contributed by atoms with Crippen molar-refractivity contribution >= 4 is 0 Å². The van der Waals surface area contributed by atoms with E-state index in [1.165, 1.54) is 5.56 Å². The zero-order valence-corrected chi connectivity index (χ0v) is 7.41. The maximum atomic E-state index is 9.02. The third-order valence-corrected chi connectivity index (χ3v) is 1.74. The van der Waals surface area contributed by atoms with Crippen LogP contribution in [0.2, 0.25) is 0 Å². The maximum Gasteiger partial charge on any atom is 0.115 e. The van der Waals surface area contributed by atoms with Crippen molar-refractivity contribution in [2.45, 2.75) is 6.54 Å². The molecule has 0 bridgehead atoms. The first kappa shape index (κ1) is 9.03. The van der Waals surface area contributed by atoms with Gasteiger partial charge in [0.25, 0.3) is 0 Å². The summed E-state index contributed by atoms with van der Waals surface area (Å²) in [5.41, 5.74) is 4.17. The van der Waals surface area contributed by atoms with Gasteiger partial charge < -0.3 is 5.11 Å². The second-order valence-electron chi connectivity index (χ2n) is 2.75. The van der Waals surface area contributed by atoms with Crippen LogP contribution < -0.4 is 5.43 Å². The van der Waals surface area contributed by atoms with Gasteiger partial charge >= 0.3 is 0 Å². The molecule has 0 aliphatic rings. The molecule has 0 aliphatic heterocycles. The first-order valence-corrected chi connectivity index (χ1v) is 3.89. The summed E-state index contributed by atoms with van der Waals surface area (Å²) < 4.78 is 0. The van der Waals surface area contributed by atoms with Gasteiger partial charge in [0.15, 0.2) is 0 Å². The minimum absolute atomic E-state index is 0.311. The number of nitrogens with zero attached hydrogens (tertiary/aromatic N) is 1. The average Bonchev–Trinajstić information content (AvgIpc) is 2.09. The summed E-state index contributed by atoms with van der Waals surface area (Å²) in [6.45, 7) is 0.830. The molecule has 0 atom stereocenters. The van der Waals surface area contributed by atoms with Crippen LogP contribution in [-0.4, -0.2) is 24.2 Å². The van der Waals surface area contributed by atoms with Crippen molar-refractivity contribution in [1.29, 1.82) is 0 Å². The average molecular weight is 166 g/mol. The van der Waals surface area contributed by atoms with Gasteiger partial charge in [-0.15, -0.1) is 0 Å². The van der Waals surface area contributed by atoms with E-state index in [2.05, 4.69) is 5.43 Å². The van der Waals surface area contributed by atoms with Gasteiger partial charge in [-0.2, -0.15) is 0 Å². The number of phenolic OH excluding ortho intramolecular Hbond substituents is 1. The molecule has 0 fully saturated rings. The molecule has 3 heteroatoms. The number of benzene rings is 1. The summed E-state index contributed by atoms with van der Waals surface area (Å²) in [6.07, 6.45) is 0. The molecule has 0 saturated carbocycles. The van der Waals surface area contributed by atoms with Crippen LogP contribution in [0.3, 0.4) is 0 Å². The van der Waals surface area contributed by atoms with Crippen LogP contribution in [0.4, 0.5) is 0 Å². The van der Waals surface area contributed by atoms with Gasteiger partial charge in [0.1, 0.15) is 5.75 Å². The molecule has 1 aromatic rings. The normalized spacial score (nSPS) is 10.6. The Hall–Kier alpha value is -1.06. The molecule has 0 unspecified atom stereocenters. The minimum Gasteiger partial charge on any atom is -0.508 e. The smallest absolute Gasteiger partial charge is 0.115 e. The van der Waals surface area contributed by atoms with E-state index in [1.807, 2.05) is 31.2 Å². The summed E-state index contributed by atoms with van der Waals surface area (Å²) >= 11 is 0. The Morgan fingerprint density at radius 1 is 1.33 bits per heavy atom. The molecular weight excluding hydrogens is 152 g/mol. The SMILES string of the molecule is CNN(C)Cc1ccc(O)cc1. The lowest BCUT2D eigenvalue weighted by Gasteiger charge is -2.14. The minimum atomic E-state index is 0.311. The molecule has 0 saturated heterocycles. The highest BCUT2D eigenvalue weighted by molar-refractivity contribution is 5.25.